The largest absolute Gasteiger partial charge is 0.241 e. The first-order valence-corrected chi connectivity index (χ1v) is 9.72. The van der Waals surface area contributed by atoms with E-state index in [1.807, 2.05) is 41.2 Å². The second-order valence-corrected chi connectivity index (χ2v) is 7.50. The Kier molecular flexibility index (Phi) is 4.03. The summed E-state index contributed by atoms with van der Waals surface area (Å²) in [6, 6.07) is 29.0. The molecular weight excluding hydrogens is 350 g/mol. The lowest BCUT2D eigenvalue weighted by Gasteiger charge is -2.10. The number of para-hydroxylation sites is 2. The summed E-state index contributed by atoms with van der Waals surface area (Å²) in [6.07, 6.45) is 2.75. The smallest absolute Gasteiger partial charge is 0.0983 e. The van der Waals surface area contributed by atoms with Crippen molar-refractivity contribution in [3.05, 3.63) is 102 Å². The lowest BCUT2D eigenvalue weighted by molar-refractivity contribution is 0.888. The van der Waals surface area contributed by atoms with Gasteiger partial charge in [0.1, 0.15) is 0 Å². The zero-order valence-electron chi connectivity index (χ0n) is 14.6. The molecule has 0 atom stereocenters. The number of hydrogen-bond donors (Lipinski definition) is 0. The van der Waals surface area contributed by atoms with Gasteiger partial charge in [0.05, 0.1) is 32.8 Å². The molecule has 0 aliphatic carbocycles. The van der Waals surface area contributed by atoms with Gasteiger partial charge in [0.2, 0.25) is 0 Å². The molecule has 0 N–H and O–H groups in total. The molecule has 0 unspecified atom stereocenters. The van der Waals surface area contributed by atoms with E-state index < -0.39 is 0 Å². The van der Waals surface area contributed by atoms with Crippen LogP contribution in [0.25, 0.3) is 27.2 Å². The van der Waals surface area contributed by atoms with Crippen LogP contribution < -0.4 is 0 Å². The maximum absolute atomic E-state index is 4.81. The van der Waals surface area contributed by atoms with Crippen LogP contribution in [-0.4, -0.2) is 14.8 Å². The second-order valence-electron chi connectivity index (χ2n) is 6.38. The van der Waals surface area contributed by atoms with Crippen molar-refractivity contribution >= 4 is 21.6 Å². The van der Waals surface area contributed by atoms with Crippen LogP contribution in [0.2, 0.25) is 0 Å². The molecular formula is C23H17N3S. The maximum Gasteiger partial charge on any atom is 0.0983 e. The van der Waals surface area contributed by atoms with Crippen LogP contribution in [-0.2, 0) is 6.42 Å². The third-order valence-electron chi connectivity index (χ3n) is 4.57. The standard InChI is InChI=1S/C23H17N3S/c1-3-9-17(10-4-1)23-18(16-24-26(23)19-11-5-2-6-12-19)15-22-25-20-13-7-8-14-21(20)27-22/h1-14,16H,15H2. The number of thiazole rings is 1. The topological polar surface area (TPSA) is 30.7 Å². The summed E-state index contributed by atoms with van der Waals surface area (Å²) in [5.41, 5.74) is 5.60. The molecule has 3 aromatic carbocycles. The van der Waals surface area contributed by atoms with E-state index in [1.165, 1.54) is 10.3 Å². The summed E-state index contributed by atoms with van der Waals surface area (Å²) < 4.78 is 3.25. The van der Waals surface area contributed by atoms with Gasteiger partial charge in [-0.25, -0.2) is 9.67 Å². The van der Waals surface area contributed by atoms with Gasteiger partial charge in [0.15, 0.2) is 0 Å². The lowest BCUT2D eigenvalue weighted by Crippen LogP contribution is -2.00. The summed E-state index contributed by atoms with van der Waals surface area (Å²) in [5, 5.41) is 5.82. The first-order valence-electron chi connectivity index (χ1n) is 8.91. The fraction of sp³-hybridized carbons (Fsp3) is 0.0435. The van der Waals surface area contributed by atoms with Gasteiger partial charge in [-0.05, 0) is 24.3 Å². The minimum Gasteiger partial charge on any atom is -0.241 e. The van der Waals surface area contributed by atoms with E-state index in [-0.39, 0.29) is 0 Å². The Balaban J connectivity index is 1.63. The van der Waals surface area contributed by atoms with Gasteiger partial charge in [0, 0.05) is 17.5 Å². The Morgan fingerprint density at radius 1 is 0.778 bits per heavy atom. The van der Waals surface area contributed by atoms with E-state index >= 15 is 0 Å². The predicted octanol–water partition coefficient (Wildman–Crippen LogP) is 5.74. The zero-order chi connectivity index (χ0) is 18.1. The highest BCUT2D eigenvalue weighted by atomic mass is 32.1. The third-order valence-corrected chi connectivity index (χ3v) is 5.61. The Hall–Kier alpha value is -3.24. The van der Waals surface area contributed by atoms with Crippen molar-refractivity contribution in [2.45, 2.75) is 6.42 Å². The molecule has 0 fully saturated rings. The van der Waals surface area contributed by atoms with Crippen molar-refractivity contribution in [1.82, 2.24) is 14.8 Å². The van der Waals surface area contributed by atoms with E-state index in [9.17, 15) is 0 Å². The number of hydrogen-bond acceptors (Lipinski definition) is 3. The van der Waals surface area contributed by atoms with E-state index in [1.54, 1.807) is 11.3 Å². The molecule has 5 rings (SSSR count). The lowest BCUT2D eigenvalue weighted by atomic mass is 10.1. The highest BCUT2D eigenvalue weighted by Crippen LogP contribution is 2.30. The van der Waals surface area contributed by atoms with E-state index in [2.05, 4.69) is 54.6 Å². The molecule has 130 valence electrons. The summed E-state index contributed by atoms with van der Waals surface area (Å²) in [5.74, 6) is 0. The first-order chi connectivity index (χ1) is 13.4. The molecule has 27 heavy (non-hydrogen) atoms. The quantitative estimate of drug-likeness (QED) is 0.405. The fourth-order valence-electron chi connectivity index (χ4n) is 3.34. The molecule has 0 aliphatic heterocycles. The number of benzene rings is 3. The number of nitrogens with zero attached hydrogens (tertiary/aromatic N) is 3. The molecule has 0 saturated carbocycles. The number of aromatic nitrogens is 3. The zero-order valence-corrected chi connectivity index (χ0v) is 15.4. The summed E-state index contributed by atoms with van der Waals surface area (Å²) in [4.78, 5) is 4.81. The molecule has 4 heteroatoms. The van der Waals surface area contributed by atoms with Gasteiger partial charge in [0.25, 0.3) is 0 Å². The molecule has 0 saturated heterocycles. The van der Waals surface area contributed by atoms with Crippen LogP contribution in [0, 0.1) is 0 Å². The molecule has 0 bridgehead atoms. The average Bonchev–Trinajstić information content (AvgIpc) is 3.33. The number of rotatable bonds is 4. The first kappa shape index (κ1) is 16.0. The normalized spacial score (nSPS) is 11.1. The third kappa shape index (κ3) is 3.04. The highest BCUT2D eigenvalue weighted by molar-refractivity contribution is 7.18. The second kappa shape index (κ2) is 6.82. The van der Waals surface area contributed by atoms with Crippen LogP contribution in [0.5, 0.6) is 0 Å². The molecule has 5 aromatic rings. The van der Waals surface area contributed by atoms with Crippen molar-refractivity contribution in [3.63, 3.8) is 0 Å². The van der Waals surface area contributed by atoms with Gasteiger partial charge in [-0.1, -0.05) is 60.7 Å². The number of fused-ring (bicyclic) bond motifs is 1. The van der Waals surface area contributed by atoms with Crippen molar-refractivity contribution in [1.29, 1.82) is 0 Å². The molecule has 3 nitrogen and oxygen atoms in total. The SMILES string of the molecule is c1ccc(-c2c(Cc3nc4ccccc4s3)cnn2-c2ccccc2)cc1. The van der Waals surface area contributed by atoms with Crippen LogP contribution in [0.1, 0.15) is 10.6 Å². The fourth-order valence-corrected chi connectivity index (χ4v) is 4.33. The van der Waals surface area contributed by atoms with Gasteiger partial charge in [-0.3, -0.25) is 0 Å². The summed E-state index contributed by atoms with van der Waals surface area (Å²) in [7, 11) is 0. The van der Waals surface area contributed by atoms with Crippen molar-refractivity contribution in [3.8, 4) is 16.9 Å². The molecule has 0 aliphatic rings. The minimum atomic E-state index is 0.774. The van der Waals surface area contributed by atoms with Crippen LogP contribution in [0.4, 0.5) is 0 Å². The Morgan fingerprint density at radius 3 is 2.26 bits per heavy atom. The molecule has 0 spiro atoms. The predicted molar refractivity (Wildman–Crippen MR) is 111 cm³/mol. The van der Waals surface area contributed by atoms with Gasteiger partial charge < -0.3 is 0 Å². The van der Waals surface area contributed by atoms with Crippen molar-refractivity contribution < 1.29 is 0 Å². The van der Waals surface area contributed by atoms with Gasteiger partial charge in [-0.15, -0.1) is 11.3 Å². The van der Waals surface area contributed by atoms with Crippen LogP contribution in [0.3, 0.4) is 0 Å². The Morgan fingerprint density at radius 2 is 1.48 bits per heavy atom. The van der Waals surface area contributed by atoms with Gasteiger partial charge >= 0.3 is 0 Å². The highest BCUT2D eigenvalue weighted by Gasteiger charge is 2.16. The van der Waals surface area contributed by atoms with Crippen molar-refractivity contribution in [2.24, 2.45) is 0 Å². The van der Waals surface area contributed by atoms with E-state index in [0.717, 1.165) is 33.9 Å². The summed E-state index contributed by atoms with van der Waals surface area (Å²) >= 11 is 1.75. The molecule has 2 heterocycles. The van der Waals surface area contributed by atoms with Crippen molar-refractivity contribution in [2.75, 3.05) is 0 Å². The molecule has 2 aromatic heterocycles. The molecule has 0 amide bonds. The average molecular weight is 367 g/mol. The maximum atomic E-state index is 4.81. The van der Waals surface area contributed by atoms with Crippen LogP contribution >= 0.6 is 11.3 Å². The monoisotopic (exact) mass is 367 g/mol. The molecule has 0 radical (unpaired) electrons. The Bertz CT molecular complexity index is 1160. The summed E-state index contributed by atoms with van der Waals surface area (Å²) in [6.45, 7) is 0. The Labute approximate surface area is 161 Å². The minimum absolute atomic E-state index is 0.774. The van der Waals surface area contributed by atoms with Crippen LogP contribution in [0.15, 0.2) is 91.1 Å². The van der Waals surface area contributed by atoms with Gasteiger partial charge in [-0.2, -0.15) is 5.10 Å². The van der Waals surface area contributed by atoms with E-state index in [0.29, 0.717) is 0 Å². The van der Waals surface area contributed by atoms with E-state index in [4.69, 9.17) is 10.1 Å².